The molecule has 21 heavy (non-hydrogen) atoms. The van der Waals surface area contributed by atoms with Crippen molar-refractivity contribution in [3.63, 3.8) is 0 Å². The number of amides is 1. The number of nitrogens with one attached hydrogen (secondary N) is 1. The monoisotopic (exact) mass is 325 g/mol. The van der Waals surface area contributed by atoms with Crippen molar-refractivity contribution in [3.05, 3.63) is 24.0 Å². The summed E-state index contributed by atoms with van der Waals surface area (Å²) in [5.74, 6) is 2.24. The van der Waals surface area contributed by atoms with E-state index in [-0.39, 0.29) is 5.91 Å². The van der Waals surface area contributed by atoms with Crippen LogP contribution in [0.2, 0.25) is 0 Å². The topological polar surface area (TPSA) is 68.0 Å². The zero-order valence-corrected chi connectivity index (χ0v) is 14.2. The van der Waals surface area contributed by atoms with Crippen LogP contribution in [0.25, 0.3) is 0 Å². The first-order valence-electron chi connectivity index (χ1n) is 6.72. The molecule has 1 N–H and O–H groups in total. The lowest BCUT2D eigenvalue weighted by atomic mass is 9.96. The standard InChI is InChI=1S/C14H19N3O2S2/c1-5-9-6-15-10(19-9)8-20-11-7-16-13(21-11)17-12(18)14(2,3)4/h6-7H,5,8H2,1-4H3,(H,16,17,18). The molecule has 1 amide bonds. The van der Waals surface area contributed by atoms with Crippen molar-refractivity contribution in [2.75, 3.05) is 5.32 Å². The summed E-state index contributed by atoms with van der Waals surface area (Å²) in [6.07, 6.45) is 4.37. The fourth-order valence-electron chi connectivity index (χ4n) is 1.38. The Morgan fingerprint density at radius 3 is 2.76 bits per heavy atom. The minimum absolute atomic E-state index is 0.0336. The van der Waals surface area contributed by atoms with Gasteiger partial charge in [-0.05, 0) is 0 Å². The summed E-state index contributed by atoms with van der Waals surface area (Å²) < 4.78 is 6.58. The number of thioether (sulfide) groups is 1. The maximum absolute atomic E-state index is 11.9. The molecule has 0 aliphatic rings. The van der Waals surface area contributed by atoms with Gasteiger partial charge in [-0.15, -0.1) is 11.8 Å². The Bertz CT molecular complexity index is 614. The molecule has 0 bridgehead atoms. The molecule has 0 spiro atoms. The second kappa shape index (κ2) is 6.62. The maximum atomic E-state index is 11.9. The van der Waals surface area contributed by atoms with E-state index in [1.54, 1.807) is 24.2 Å². The van der Waals surface area contributed by atoms with Crippen molar-refractivity contribution in [3.8, 4) is 0 Å². The van der Waals surface area contributed by atoms with Gasteiger partial charge in [0, 0.05) is 11.8 Å². The van der Waals surface area contributed by atoms with E-state index in [2.05, 4.69) is 15.3 Å². The first-order chi connectivity index (χ1) is 9.88. The highest BCUT2D eigenvalue weighted by atomic mass is 32.2. The van der Waals surface area contributed by atoms with Gasteiger partial charge in [0.15, 0.2) is 5.13 Å². The van der Waals surface area contributed by atoms with Crippen LogP contribution in [0.5, 0.6) is 0 Å². The average molecular weight is 325 g/mol. The Labute approximate surface area is 132 Å². The SMILES string of the molecule is CCc1cnc(CSc2cnc(NC(=O)C(C)(C)C)s2)o1. The van der Waals surface area contributed by atoms with Gasteiger partial charge < -0.3 is 9.73 Å². The van der Waals surface area contributed by atoms with Crippen LogP contribution in [0.15, 0.2) is 21.0 Å². The number of thiazole rings is 1. The van der Waals surface area contributed by atoms with Crippen LogP contribution in [0.1, 0.15) is 39.3 Å². The first-order valence-corrected chi connectivity index (χ1v) is 8.52. The summed E-state index contributed by atoms with van der Waals surface area (Å²) in [6, 6.07) is 0. The normalized spacial score (nSPS) is 11.6. The van der Waals surface area contributed by atoms with Gasteiger partial charge in [0.1, 0.15) is 5.76 Å². The average Bonchev–Trinajstić information content (AvgIpc) is 3.03. The van der Waals surface area contributed by atoms with Gasteiger partial charge in [-0.2, -0.15) is 0 Å². The van der Waals surface area contributed by atoms with Crippen LogP contribution in [0.3, 0.4) is 0 Å². The summed E-state index contributed by atoms with van der Waals surface area (Å²) >= 11 is 3.06. The Kier molecular flexibility index (Phi) is 5.05. The largest absolute Gasteiger partial charge is 0.445 e. The molecule has 7 heteroatoms. The number of rotatable bonds is 5. The molecular formula is C14H19N3O2S2. The highest BCUT2D eigenvalue weighted by Gasteiger charge is 2.22. The Morgan fingerprint density at radius 2 is 2.14 bits per heavy atom. The summed E-state index contributed by atoms with van der Waals surface area (Å²) in [7, 11) is 0. The number of hydrogen-bond acceptors (Lipinski definition) is 6. The molecule has 0 saturated heterocycles. The van der Waals surface area contributed by atoms with Gasteiger partial charge in [0.2, 0.25) is 11.8 Å². The van der Waals surface area contributed by atoms with E-state index in [0.717, 1.165) is 16.4 Å². The number of carbonyl (C=O) groups is 1. The summed E-state index contributed by atoms with van der Waals surface area (Å²) in [6.45, 7) is 7.66. The lowest BCUT2D eigenvalue weighted by molar-refractivity contribution is -0.123. The van der Waals surface area contributed by atoms with Crippen molar-refractivity contribution in [2.24, 2.45) is 5.41 Å². The number of hydrogen-bond donors (Lipinski definition) is 1. The number of aryl methyl sites for hydroxylation is 1. The summed E-state index contributed by atoms with van der Waals surface area (Å²) in [5, 5.41) is 3.45. The third-order valence-electron chi connectivity index (χ3n) is 2.67. The second-order valence-corrected chi connectivity index (χ2v) is 7.86. The van der Waals surface area contributed by atoms with Crippen LogP contribution >= 0.6 is 23.1 Å². The summed E-state index contributed by atoms with van der Waals surface area (Å²) in [5.41, 5.74) is -0.423. The van der Waals surface area contributed by atoms with E-state index >= 15 is 0 Å². The van der Waals surface area contributed by atoms with Gasteiger partial charge >= 0.3 is 0 Å². The third-order valence-corrected chi connectivity index (χ3v) is 4.77. The maximum Gasteiger partial charge on any atom is 0.231 e. The van der Waals surface area contributed by atoms with Crippen molar-refractivity contribution < 1.29 is 9.21 Å². The van der Waals surface area contributed by atoms with E-state index < -0.39 is 5.41 Å². The van der Waals surface area contributed by atoms with Crippen LogP contribution in [0.4, 0.5) is 5.13 Å². The molecule has 2 rings (SSSR count). The number of oxazole rings is 1. The third kappa shape index (κ3) is 4.57. The first kappa shape index (κ1) is 16.0. The number of anilines is 1. The zero-order chi connectivity index (χ0) is 15.5. The summed E-state index contributed by atoms with van der Waals surface area (Å²) in [4.78, 5) is 20.3. The molecule has 2 aromatic rings. The molecule has 0 aromatic carbocycles. The highest BCUT2D eigenvalue weighted by Crippen LogP contribution is 2.31. The molecule has 0 saturated carbocycles. The minimum atomic E-state index is -0.423. The molecule has 0 aliphatic carbocycles. The lowest BCUT2D eigenvalue weighted by Crippen LogP contribution is -2.27. The Hall–Kier alpha value is -1.34. The molecule has 0 unspecified atom stereocenters. The molecule has 5 nitrogen and oxygen atoms in total. The van der Waals surface area contributed by atoms with Gasteiger partial charge in [0.05, 0.1) is 22.4 Å². The Balaban J connectivity index is 1.89. The molecule has 114 valence electrons. The van der Waals surface area contributed by atoms with Gasteiger partial charge in [-0.25, -0.2) is 9.97 Å². The van der Waals surface area contributed by atoms with Crippen LogP contribution in [-0.4, -0.2) is 15.9 Å². The fraction of sp³-hybridized carbons (Fsp3) is 0.500. The predicted octanol–water partition coefficient (Wildman–Crippen LogP) is 3.97. The molecular weight excluding hydrogens is 306 g/mol. The smallest absolute Gasteiger partial charge is 0.231 e. The van der Waals surface area contributed by atoms with Crippen LogP contribution < -0.4 is 5.32 Å². The second-order valence-electron chi connectivity index (χ2n) is 5.55. The molecule has 0 aliphatic heterocycles. The quantitative estimate of drug-likeness (QED) is 0.842. The van der Waals surface area contributed by atoms with E-state index in [0.29, 0.717) is 16.8 Å². The number of carbonyl (C=O) groups excluding carboxylic acids is 1. The molecule has 0 radical (unpaired) electrons. The lowest BCUT2D eigenvalue weighted by Gasteiger charge is -2.15. The van der Waals surface area contributed by atoms with Crippen LogP contribution in [-0.2, 0) is 17.0 Å². The number of nitrogens with zero attached hydrogens (tertiary/aromatic N) is 2. The van der Waals surface area contributed by atoms with E-state index in [1.807, 2.05) is 27.7 Å². The van der Waals surface area contributed by atoms with Crippen molar-refractivity contribution in [1.29, 1.82) is 0 Å². The van der Waals surface area contributed by atoms with Crippen LogP contribution in [0, 0.1) is 5.41 Å². The van der Waals surface area contributed by atoms with Crippen molar-refractivity contribution in [1.82, 2.24) is 9.97 Å². The van der Waals surface area contributed by atoms with Crippen molar-refractivity contribution >= 4 is 34.1 Å². The van der Waals surface area contributed by atoms with Crippen molar-refractivity contribution in [2.45, 2.75) is 44.1 Å². The molecule has 2 heterocycles. The molecule has 2 aromatic heterocycles. The Morgan fingerprint density at radius 1 is 1.38 bits per heavy atom. The van der Waals surface area contributed by atoms with Gasteiger partial charge in [-0.3, -0.25) is 4.79 Å². The molecule has 0 atom stereocenters. The fourth-order valence-corrected chi connectivity index (χ4v) is 3.10. The minimum Gasteiger partial charge on any atom is -0.445 e. The predicted molar refractivity (Wildman–Crippen MR) is 85.6 cm³/mol. The van der Waals surface area contributed by atoms with E-state index in [4.69, 9.17) is 4.42 Å². The number of aromatic nitrogens is 2. The van der Waals surface area contributed by atoms with Gasteiger partial charge in [0.25, 0.3) is 0 Å². The van der Waals surface area contributed by atoms with Gasteiger partial charge in [-0.1, -0.05) is 39.0 Å². The van der Waals surface area contributed by atoms with E-state index in [1.165, 1.54) is 11.3 Å². The zero-order valence-electron chi connectivity index (χ0n) is 12.6. The van der Waals surface area contributed by atoms with E-state index in [9.17, 15) is 4.79 Å². The molecule has 0 fully saturated rings. The highest BCUT2D eigenvalue weighted by molar-refractivity contribution is 8.00.